The van der Waals surface area contributed by atoms with Crippen LogP contribution in [0.25, 0.3) is 10.8 Å². The number of rotatable bonds is 1. The molecule has 0 spiro atoms. The fraction of sp³-hybridized carbons (Fsp3) is 0.133. The van der Waals surface area contributed by atoms with Gasteiger partial charge in [-0.05, 0) is 17.5 Å². The minimum atomic E-state index is -0.331. The van der Waals surface area contributed by atoms with Crippen LogP contribution in [0.4, 0.5) is 5.69 Å². The van der Waals surface area contributed by atoms with Gasteiger partial charge in [-0.25, -0.2) is 0 Å². The second-order valence-electron chi connectivity index (χ2n) is 3.80. The third kappa shape index (κ3) is 2.44. The zero-order valence-corrected chi connectivity index (χ0v) is 10.1. The summed E-state index contributed by atoms with van der Waals surface area (Å²) in [4.78, 5) is 11.0. The first-order valence-corrected chi connectivity index (χ1v) is 5.55. The van der Waals surface area contributed by atoms with Gasteiger partial charge in [0, 0.05) is 16.6 Å². The normalized spacial score (nSPS) is 9.61. The van der Waals surface area contributed by atoms with Crippen molar-refractivity contribution in [2.24, 2.45) is 0 Å². The number of anilines is 1. The maximum atomic E-state index is 11.0. The quantitative estimate of drug-likeness (QED) is 0.472. The number of methoxy groups -OCH3 is 1. The zero-order chi connectivity index (χ0) is 13.0. The van der Waals surface area contributed by atoms with Crippen molar-refractivity contribution < 1.29 is 9.53 Å². The van der Waals surface area contributed by atoms with Crippen molar-refractivity contribution in [2.45, 2.75) is 6.42 Å². The third-order valence-electron chi connectivity index (χ3n) is 2.64. The lowest BCUT2D eigenvalue weighted by Crippen LogP contribution is -1.97. The maximum absolute atomic E-state index is 11.0. The second-order valence-corrected chi connectivity index (χ2v) is 3.80. The van der Waals surface area contributed by atoms with Crippen molar-refractivity contribution in [3.63, 3.8) is 0 Å². The highest BCUT2D eigenvalue weighted by atomic mass is 16.5. The summed E-state index contributed by atoms with van der Waals surface area (Å²) < 4.78 is 4.53. The monoisotopic (exact) mass is 239 g/mol. The molecule has 0 heterocycles. The summed E-state index contributed by atoms with van der Waals surface area (Å²) in [5.41, 5.74) is 7.49. The number of esters is 1. The molecule has 0 aliphatic carbocycles. The van der Waals surface area contributed by atoms with Gasteiger partial charge in [-0.2, -0.15) is 0 Å². The average molecular weight is 239 g/mol. The molecule has 90 valence electrons. The molecule has 0 fully saturated rings. The van der Waals surface area contributed by atoms with E-state index in [1.807, 2.05) is 36.4 Å². The van der Waals surface area contributed by atoms with E-state index in [1.54, 1.807) is 0 Å². The molecule has 2 aromatic carbocycles. The Balaban J connectivity index is 2.40. The van der Waals surface area contributed by atoms with Crippen LogP contribution in [0.5, 0.6) is 0 Å². The Morgan fingerprint density at radius 1 is 1.22 bits per heavy atom. The van der Waals surface area contributed by atoms with Crippen LogP contribution >= 0.6 is 0 Å². The third-order valence-corrected chi connectivity index (χ3v) is 2.64. The van der Waals surface area contributed by atoms with E-state index in [-0.39, 0.29) is 12.4 Å². The largest absolute Gasteiger partial charge is 0.468 e. The Morgan fingerprint density at radius 2 is 1.94 bits per heavy atom. The van der Waals surface area contributed by atoms with Gasteiger partial charge in [0.25, 0.3) is 0 Å². The van der Waals surface area contributed by atoms with Gasteiger partial charge in [0.15, 0.2) is 0 Å². The highest BCUT2D eigenvalue weighted by Gasteiger charge is 2.00. The van der Waals surface area contributed by atoms with E-state index >= 15 is 0 Å². The molecular weight excluding hydrogens is 226 g/mol. The predicted molar refractivity (Wildman–Crippen MR) is 71.9 cm³/mol. The van der Waals surface area contributed by atoms with Gasteiger partial charge in [-0.15, -0.1) is 0 Å². The molecule has 2 rings (SSSR count). The average Bonchev–Trinajstić information content (AvgIpc) is 2.39. The van der Waals surface area contributed by atoms with Crippen LogP contribution < -0.4 is 5.73 Å². The minimum Gasteiger partial charge on any atom is -0.468 e. The molecule has 3 heteroatoms. The van der Waals surface area contributed by atoms with Gasteiger partial charge in [-0.3, -0.25) is 4.79 Å². The number of hydrogen-bond acceptors (Lipinski definition) is 3. The Labute approximate surface area is 106 Å². The van der Waals surface area contributed by atoms with Crippen LogP contribution in [0.1, 0.15) is 12.0 Å². The molecule has 0 saturated heterocycles. The predicted octanol–water partition coefficient (Wildman–Crippen LogP) is 2.34. The van der Waals surface area contributed by atoms with E-state index in [1.165, 1.54) is 7.11 Å². The van der Waals surface area contributed by atoms with E-state index in [0.717, 1.165) is 22.0 Å². The number of nitrogens with two attached hydrogens (primary N) is 1. The maximum Gasteiger partial charge on any atom is 0.317 e. The molecule has 2 aromatic rings. The van der Waals surface area contributed by atoms with Crippen LogP contribution in [-0.2, 0) is 9.53 Å². The summed E-state index contributed by atoms with van der Waals surface area (Å²) in [5.74, 6) is 5.44. The van der Waals surface area contributed by atoms with E-state index in [4.69, 9.17) is 5.73 Å². The van der Waals surface area contributed by atoms with Crippen molar-refractivity contribution in [1.82, 2.24) is 0 Å². The van der Waals surface area contributed by atoms with Crippen LogP contribution in [0.15, 0.2) is 36.4 Å². The molecule has 0 aliphatic rings. The fourth-order valence-electron chi connectivity index (χ4n) is 1.73. The molecule has 0 aromatic heterocycles. The number of benzene rings is 2. The molecule has 18 heavy (non-hydrogen) atoms. The van der Waals surface area contributed by atoms with Crippen molar-refractivity contribution in [3.8, 4) is 11.8 Å². The summed E-state index contributed by atoms with van der Waals surface area (Å²) in [6.07, 6.45) is 0.0925. The summed E-state index contributed by atoms with van der Waals surface area (Å²) in [7, 11) is 1.35. The SMILES string of the molecule is COC(=O)CC#Cc1cccc2c(N)cccc12. The molecule has 0 radical (unpaired) electrons. The molecule has 2 N–H and O–H groups in total. The molecule has 0 unspecified atom stereocenters. The second kappa shape index (κ2) is 5.24. The topological polar surface area (TPSA) is 52.3 Å². The van der Waals surface area contributed by atoms with Gasteiger partial charge in [0.1, 0.15) is 6.42 Å². The lowest BCUT2D eigenvalue weighted by Gasteiger charge is -2.03. The van der Waals surface area contributed by atoms with Crippen LogP contribution in [0.3, 0.4) is 0 Å². The zero-order valence-electron chi connectivity index (χ0n) is 10.1. The van der Waals surface area contributed by atoms with Crippen LogP contribution in [-0.4, -0.2) is 13.1 Å². The van der Waals surface area contributed by atoms with Crippen molar-refractivity contribution in [1.29, 1.82) is 0 Å². The van der Waals surface area contributed by atoms with Gasteiger partial charge >= 0.3 is 5.97 Å². The molecule has 3 nitrogen and oxygen atoms in total. The number of hydrogen-bond donors (Lipinski definition) is 1. The first-order chi connectivity index (χ1) is 8.72. The Morgan fingerprint density at radius 3 is 2.72 bits per heavy atom. The lowest BCUT2D eigenvalue weighted by atomic mass is 10.0. The van der Waals surface area contributed by atoms with Crippen LogP contribution in [0, 0.1) is 11.8 Å². The summed E-state index contributed by atoms with van der Waals surface area (Å²) in [5, 5.41) is 1.97. The first-order valence-electron chi connectivity index (χ1n) is 5.55. The number of carbonyl (C=O) groups is 1. The Kier molecular flexibility index (Phi) is 3.49. The number of carbonyl (C=O) groups excluding carboxylic acids is 1. The number of nitrogen functional groups attached to an aromatic ring is 1. The van der Waals surface area contributed by atoms with Gasteiger partial charge < -0.3 is 10.5 Å². The van der Waals surface area contributed by atoms with Crippen LogP contribution in [0.2, 0.25) is 0 Å². The summed E-state index contributed by atoms with van der Waals surface area (Å²) in [6, 6.07) is 11.5. The smallest absolute Gasteiger partial charge is 0.317 e. The minimum absolute atomic E-state index is 0.0925. The lowest BCUT2D eigenvalue weighted by molar-refractivity contribution is -0.139. The van der Waals surface area contributed by atoms with E-state index < -0.39 is 0 Å². The molecular formula is C15H13NO2. The standard InChI is InChI=1S/C15H13NO2/c1-18-15(17)10-3-6-11-5-2-8-13-12(11)7-4-9-14(13)16/h2,4-5,7-9H,10,16H2,1H3. The number of ether oxygens (including phenoxy) is 1. The van der Waals surface area contributed by atoms with Gasteiger partial charge in [-0.1, -0.05) is 36.1 Å². The van der Waals surface area contributed by atoms with Gasteiger partial charge in [0.05, 0.1) is 7.11 Å². The fourth-order valence-corrected chi connectivity index (χ4v) is 1.73. The first kappa shape index (κ1) is 12.0. The van der Waals surface area contributed by atoms with E-state index in [2.05, 4.69) is 16.6 Å². The van der Waals surface area contributed by atoms with E-state index in [0.29, 0.717) is 0 Å². The van der Waals surface area contributed by atoms with Crippen molar-refractivity contribution in [2.75, 3.05) is 12.8 Å². The highest BCUT2D eigenvalue weighted by Crippen LogP contribution is 2.23. The molecule has 0 aliphatic heterocycles. The summed E-state index contributed by atoms with van der Waals surface area (Å²) >= 11 is 0. The van der Waals surface area contributed by atoms with Crippen molar-refractivity contribution >= 4 is 22.4 Å². The molecule has 0 atom stereocenters. The van der Waals surface area contributed by atoms with E-state index in [9.17, 15) is 4.79 Å². The Hall–Kier alpha value is -2.47. The van der Waals surface area contributed by atoms with Gasteiger partial charge in [0.2, 0.25) is 0 Å². The molecule has 0 bridgehead atoms. The molecule has 0 saturated carbocycles. The van der Waals surface area contributed by atoms with Crippen molar-refractivity contribution in [3.05, 3.63) is 42.0 Å². The number of fused-ring (bicyclic) bond motifs is 1. The Bertz CT molecular complexity index is 650. The molecule has 0 amide bonds. The summed E-state index contributed by atoms with van der Waals surface area (Å²) in [6.45, 7) is 0. The highest BCUT2D eigenvalue weighted by molar-refractivity contribution is 5.96.